The Bertz CT molecular complexity index is 919. The molecule has 0 spiro atoms. The monoisotopic (exact) mass is 495 g/mol. The molecule has 198 valence electrons. The molecule has 1 aromatic carbocycles. The average Bonchev–Trinajstić information content (AvgIpc) is 3.55. The number of aromatic nitrogens is 1. The van der Waals surface area contributed by atoms with Crippen LogP contribution in [0.15, 0.2) is 48.7 Å². The van der Waals surface area contributed by atoms with Crippen LogP contribution in [-0.4, -0.2) is 59.5 Å². The number of carbonyl (C=O) groups excluding carboxylic acids is 2. The van der Waals surface area contributed by atoms with E-state index < -0.39 is 0 Å². The fraction of sp³-hybridized carbons (Fsp3) is 0.600. The Hall–Kier alpha value is -2.60. The third-order valence-corrected chi connectivity index (χ3v) is 7.29. The molecule has 1 aromatic heterocycles. The molecule has 2 amide bonds. The fourth-order valence-electron chi connectivity index (χ4n) is 4.97. The molecule has 36 heavy (non-hydrogen) atoms. The van der Waals surface area contributed by atoms with Crippen LogP contribution in [0.2, 0.25) is 0 Å². The zero-order valence-corrected chi connectivity index (χ0v) is 22.5. The molecular formula is C30H45N3O3. The molecule has 1 heterocycles. The predicted molar refractivity (Wildman–Crippen MR) is 144 cm³/mol. The number of ether oxygens (including phenoxy) is 1. The number of benzene rings is 1. The zero-order chi connectivity index (χ0) is 25.8. The van der Waals surface area contributed by atoms with E-state index in [-0.39, 0.29) is 18.4 Å². The minimum absolute atomic E-state index is 0.0162. The van der Waals surface area contributed by atoms with Crippen LogP contribution in [0, 0.1) is 11.8 Å². The highest BCUT2D eigenvalue weighted by Gasteiger charge is 2.24. The van der Waals surface area contributed by atoms with Crippen molar-refractivity contribution in [3.8, 4) is 0 Å². The molecule has 6 heteroatoms. The van der Waals surface area contributed by atoms with Crippen molar-refractivity contribution in [2.45, 2.75) is 71.9 Å². The molecule has 0 aliphatic heterocycles. The van der Waals surface area contributed by atoms with Crippen LogP contribution in [0.5, 0.6) is 0 Å². The van der Waals surface area contributed by atoms with Gasteiger partial charge in [0, 0.05) is 45.1 Å². The molecule has 3 rings (SSSR count). The maximum atomic E-state index is 13.5. The van der Waals surface area contributed by atoms with Gasteiger partial charge in [0.2, 0.25) is 11.8 Å². The Morgan fingerprint density at radius 3 is 2.44 bits per heavy atom. The van der Waals surface area contributed by atoms with Crippen molar-refractivity contribution in [2.75, 3.05) is 33.4 Å². The quantitative estimate of drug-likeness (QED) is 0.334. The summed E-state index contributed by atoms with van der Waals surface area (Å²) < 4.78 is 7.50. The lowest BCUT2D eigenvalue weighted by Crippen LogP contribution is -2.44. The minimum Gasteiger partial charge on any atom is -0.383 e. The van der Waals surface area contributed by atoms with E-state index in [4.69, 9.17) is 4.74 Å². The number of hydrogen-bond donors (Lipinski definition) is 0. The van der Waals surface area contributed by atoms with Gasteiger partial charge in [0.15, 0.2) is 0 Å². The summed E-state index contributed by atoms with van der Waals surface area (Å²) in [6.07, 6.45) is 9.52. The van der Waals surface area contributed by atoms with E-state index in [0.717, 1.165) is 25.1 Å². The van der Waals surface area contributed by atoms with E-state index >= 15 is 0 Å². The van der Waals surface area contributed by atoms with Crippen molar-refractivity contribution in [1.29, 1.82) is 0 Å². The first kappa shape index (κ1) is 28.0. The second-order valence-electron chi connectivity index (χ2n) is 10.6. The SMILES string of the molecule is COCCN(Cc1cccn1Cc1ccccc1)C(=O)CN(CCC(C)C)C(=O)CCC1CCCC1. The van der Waals surface area contributed by atoms with Crippen LogP contribution >= 0.6 is 0 Å². The molecule has 1 saturated carbocycles. The van der Waals surface area contributed by atoms with E-state index in [2.05, 4.69) is 42.8 Å². The molecule has 6 nitrogen and oxygen atoms in total. The van der Waals surface area contributed by atoms with Gasteiger partial charge in [0.1, 0.15) is 0 Å². The maximum Gasteiger partial charge on any atom is 0.242 e. The van der Waals surface area contributed by atoms with Crippen LogP contribution in [0.3, 0.4) is 0 Å². The first-order chi connectivity index (χ1) is 17.5. The van der Waals surface area contributed by atoms with Crippen molar-refractivity contribution in [2.24, 2.45) is 11.8 Å². The highest BCUT2D eigenvalue weighted by Crippen LogP contribution is 2.28. The molecule has 1 aliphatic carbocycles. The molecule has 1 fully saturated rings. The highest BCUT2D eigenvalue weighted by atomic mass is 16.5. The molecule has 1 aliphatic rings. The third kappa shape index (κ3) is 9.12. The van der Waals surface area contributed by atoms with Gasteiger partial charge in [-0.1, -0.05) is 69.9 Å². The fourth-order valence-corrected chi connectivity index (χ4v) is 4.97. The smallest absolute Gasteiger partial charge is 0.242 e. The van der Waals surface area contributed by atoms with E-state index in [1.807, 2.05) is 29.2 Å². The molecule has 0 saturated heterocycles. The Morgan fingerprint density at radius 1 is 1.00 bits per heavy atom. The van der Waals surface area contributed by atoms with E-state index in [9.17, 15) is 9.59 Å². The van der Waals surface area contributed by atoms with Crippen molar-refractivity contribution >= 4 is 11.8 Å². The lowest BCUT2D eigenvalue weighted by molar-refractivity contribution is -0.141. The Balaban J connectivity index is 1.66. The van der Waals surface area contributed by atoms with Gasteiger partial charge in [0.25, 0.3) is 0 Å². The van der Waals surface area contributed by atoms with Crippen LogP contribution in [0.25, 0.3) is 0 Å². The molecule has 0 bridgehead atoms. The Kier molecular flexibility index (Phi) is 11.5. The van der Waals surface area contributed by atoms with Crippen molar-refractivity contribution in [3.05, 3.63) is 59.9 Å². The number of carbonyl (C=O) groups is 2. The number of amides is 2. The van der Waals surface area contributed by atoms with Gasteiger partial charge < -0.3 is 19.1 Å². The third-order valence-electron chi connectivity index (χ3n) is 7.29. The molecule has 2 aromatic rings. The van der Waals surface area contributed by atoms with E-state index in [1.54, 1.807) is 12.0 Å². The zero-order valence-electron chi connectivity index (χ0n) is 22.5. The molecule has 0 atom stereocenters. The summed E-state index contributed by atoms with van der Waals surface area (Å²) in [5.41, 5.74) is 2.29. The van der Waals surface area contributed by atoms with Gasteiger partial charge in [-0.15, -0.1) is 0 Å². The van der Waals surface area contributed by atoms with E-state index in [1.165, 1.54) is 31.2 Å². The van der Waals surface area contributed by atoms with Crippen LogP contribution in [0.4, 0.5) is 0 Å². The van der Waals surface area contributed by atoms with Crippen molar-refractivity contribution < 1.29 is 14.3 Å². The summed E-state index contributed by atoms with van der Waals surface area (Å²) in [4.78, 5) is 30.4. The first-order valence-electron chi connectivity index (χ1n) is 13.7. The predicted octanol–water partition coefficient (Wildman–Crippen LogP) is 5.36. The number of nitrogens with zero attached hydrogens (tertiary/aromatic N) is 3. The summed E-state index contributed by atoms with van der Waals surface area (Å²) >= 11 is 0. The second-order valence-corrected chi connectivity index (χ2v) is 10.6. The normalized spacial score (nSPS) is 13.9. The molecule has 0 radical (unpaired) electrons. The molecular weight excluding hydrogens is 450 g/mol. The Morgan fingerprint density at radius 2 is 1.75 bits per heavy atom. The molecule has 0 unspecified atom stereocenters. The lowest BCUT2D eigenvalue weighted by atomic mass is 10.0. The largest absolute Gasteiger partial charge is 0.383 e. The van der Waals surface area contributed by atoms with Crippen LogP contribution in [-0.2, 0) is 27.4 Å². The van der Waals surface area contributed by atoms with Gasteiger partial charge in [-0.3, -0.25) is 9.59 Å². The standard InChI is InChI=1S/C30H45N3O3/c1-25(2)17-19-32(29(34)16-15-26-10-7-8-11-26)24-30(35)33(20-21-36-3)23-28-14-9-18-31(28)22-27-12-5-4-6-13-27/h4-6,9,12-14,18,25-26H,7-8,10-11,15-17,19-24H2,1-3H3. The van der Waals surface area contributed by atoms with Crippen LogP contribution < -0.4 is 0 Å². The number of hydrogen-bond acceptors (Lipinski definition) is 3. The van der Waals surface area contributed by atoms with E-state index in [0.29, 0.717) is 44.5 Å². The lowest BCUT2D eigenvalue weighted by Gasteiger charge is -2.29. The summed E-state index contributed by atoms with van der Waals surface area (Å²) in [6.45, 7) is 7.32. The Labute approximate surface area is 217 Å². The average molecular weight is 496 g/mol. The van der Waals surface area contributed by atoms with Crippen molar-refractivity contribution in [1.82, 2.24) is 14.4 Å². The summed E-state index contributed by atoms with van der Waals surface area (Å²) in [5.74, 6) is 1.26. The maximum absolute atomic E-state index is 13.5. The van der Waals surface area contributed by atoms with Gasteiger partial charge in [-0.05, 0) is 42.4 Å². The van der Waals surface area contributed by atoms with Crippen LogP contribution in [0.1, 0.15) is 70.1 Å². The number of methoxy groups -OCH3 is 1. The second kappa shape index (κ2) is 14.8. The van der Waals surface area contributed by atoms with Gasteiger partial charge in [-0.25, -0.2) is 0 Å². The van der Waals surface area contributed by atoms with Gasteiger partial charge in [-0.2, -0.15) is 0 Å². The van der Waals surface area contributed by atoms with Crippen molar-refractivity contribution in [3.63, 3.8) is 0 Å². The molecule has 0 N–H and O–H groups in total. The first-order valence-corrected chi connectivity index (χ1v) is 13.7. The highest BCUT2D eigenvalue weighted by molar-refractivity contribution is 5.84. The van der Waals surface area contributed by atoms with Gasteiger partial charge >= 0.3 is 0 Å². The summed E-state index contributed by atoms with van der Waals surface area (Å²) in [7, 11) is 1.66. The number of rotatable bonds is 15. The minimum atomic E-state index is -0.0162. The van der Waals surface area contributed by atoms with Gasteiger partial charge in [0.05, 0.1) is 19.7 Å². The summed E-state index contributed by atoms with van der Waals surface area (Å²) in [6, 6.07) is 14.4. The topological polar surface area (TPSA) is 54.8 Å². The summed E-state index contributed by atoms with van der Waals surface area (Å²) in [5, 5.41) is 0.